The number of nitrogens with one attached hydrogen (secondary N) is 1. The predicted octanol–water partition coefficient (Wildman–Crippen LogP) is 3.11. The van der Waals surface area contributed by atoms with Crippen LogP contribution in [0.25, 0.3) is 0 Å². The van der Waals surface area contributed by atoms with Crippen LogP contribution in [0.4, 0.5) is 5.69 Å². The van der Waals surface area contributed by atoms with Crippen molar-refractivity contribution in [3.63, 3.8) is 0 Å². The summed E-state index contributed by atoms with van der Waals surface area (Å²) in [5, 5.41) is 3.16. The van der Waals surface area contributed by atoms with Gasteiger partial charge in [-0.05, 0) is 43.9 Å². The molecule has 1 atom stereocenters. The molecule has 0 spiro atoms. The minimum absolute atomic E-state index is 0.0538. The molecule has 0 bridgehead atoms. The Kier molecular flexibility index (Phi) is 4.69. The van der Waals surface area contributed by atoms with Gasteiger partial charge < -0.3 is 10.2 Å². The molecule has 1 aromatic carbocycles. The summed E-state index contributed by atoms with van der Waals surface area (Å²) in [5.41, 5.74) is 3.16. The maximum atomic E-state index is 12.5. The number of aryl methyl sites for hydroxylation is 2. The van der Waals surface area contributed by atoms with Crippen molar-refractivity contribution < 1.29 is 9.59 Å². The van der Waals surface area contributed by atoms with Crippen LogP contribution in [0.15, 0.2) is 18.2 Å². The minimum atomic E-state index is -0.218. The zero-order valence-corrected chi connectivity index (χ0v) is 14.1. The highest BCUT2D eigenvalue weighted by atomic mass is 16.2. The molecule has 23 heavy (non-hydrogen) atoms. The first-order valence-electron chi connectivity index (χ1n) is 8.72. The van der Waals surface area contributed by atoms with Gasteiger partial charge in [0.15, 0.2) is 0 Å². The van der Waals surface area contributed by atoms with E-state index in [4.69, 9.17) is 0 Å². The van der Waals surface area contributed by atoms with Gasteiger partial charge in [-0.25, -0.2) is 0 Å². The number of hydrogen-bond acceptors (Lipinski definition) is 2. The Morgan fingerprint density at radius 3 is 2.65 bits per heavy atom. The van der Waals surface area contributed by atoms with E-state index in [0.29, 0.717) is 19.0 Å². The van der Waals surface area contributed by atoms with E-state index in [1.807, 2.05) is 32.0 Å². The van der Waals surface area contributed by atoms with Crippen molar-refractivity contribution in [1.82, 2.24) is 5.32 Å². The predicted molar refractivity (Wildman–Crippen MR) is 91.4 cm³/mol. The van der Waals surface area contributed by atoms with E-state index in [1.165, 1.54) is 19.3 Å². The monoisotopic (exact) mass is 314 g/mol. The molecule has 1 aromatic rings. The molecule has 4 heteroatoms. The number of amides is 2. The van der Waals surface area contributed by atoms with Gasteiger partial charge in [-0.15, -0.1) is 0 Å². The quantitative estimate of drug-likeness (QED) is 0.932. The molecule has 1 saturated carbocycles. The number of rotatable bonds is 3. The van der Waals surface area contributed by atoms with Gasteiger partial charge in [-0.1, -0.05) is 31.4 Å². The van der Waals surface area contributed by atoms with Crippen molar-refractivity contribution in [3.8, 4) is 0 Å². The van der Waals surface area contributed by atoms with Crippen LogP contribution in [0.2, 0.25) is 0 Å². The fraction of sp³-hybridized carbons (Fsp3) is 0.579. The van der Waals surface area contributed by atoms with Crippen molar-refractivity contribution in [1.29, 1.82) is 0 Å². The average Bonchev–Trinajstić information content (AvgIpc) is 2.92. The van der Waals surface area contributed by atoms with E-state index in [0.717, 1.165) is 29.7 Å². The van der Waals surface area contributed by atoms with Gasteiger partial charge in [0.05, 0.1) is 5.92 Å². The standard InChI is InChI=1S/C19H26N2O2/c1-13-8-9-14(2)17(10-13)21-12-15(11-18(21)22)19(23)20-16-6-4-3-5-7-16/h8-10,15-16H,3-7,11-12H2,1-2H3,(H,20,23)/t15-/m1/s1. The molecular weight excluding hydrogens is 288 g/mol. The van der Waals surface area contributed by atoms with Crippen molar-refractivity contribution in [2.24, 2.45) is 5.92 Å². The van der Waals surface area contributed by atoms with E-state index in [2.05, 4.69) is 5.32 Å². The molecule has 1 saturated heterocycles. The zero-order valence-electron chi connectivity index (χ0n) is 14.1. The Morgan fingerprint density at radius 1 is 1.17 bits per heavy atom. The van der Waals surface area contributed by atoms with Crippen molar-refractivity contribution in [2.45, 2.75) is 58.4 Å². The van der Waals surface area contributed by atoms with Gasteiger partial charge in [-0.3, -0.25) is 9.59 Å². The Balaban J connectivity index is 1.67. The topological polar surface area (TPSA) is 49.4 Å². The molecule has 1 aliphatic carbocycles. The number of anilines is 1. The number of carbonyl (C=O) groups excluding carboxylic acids is 2. The van der Waals surface area contributed by atoms with Crippen LogP contribution in [0.3, 0.4) is 0 Å². The number of carbonyl (C=O) groups is 2. The van der Waals surface area contributed by atoms with Crippen molar-refractivity contribution in [2.75, 3.05) is 11.4 Å². The summed E-state index contributed by atoms with van der Waals surface area (Å²) in [6.07, 6.45) is 6.15. The van der Waals surface area contributed by atoms with Crippen LogP contribution < -0.4 is 10.2 Å². The van der Waals surface area contributed by atoms with E-state index >= 15 is 0 Å². The number of nitrogens with zero attached hydrogens (tertiary/aromatic N) is 1. The molecule has 0 unspecified atom stereocenters. The molecule has 1 aliphatic heterocycles. The zero-order chi connectivity index (χ0) is 16.4. The van der Waals surface area contributed by atoms with Gasteiger partial charge in [0.2, 0.25) is 11.8 Å². The molecular formula is C19H26N2O2. The summed E-state index contributed by atoms with van der Waals surface area (Å²) >= 11 is 0. The molecule has 1 N–H and O–H groups in total. The minimum Gasteiger partial charge on any atom is -0.353 e. The molecule has 0 aromatic heterocycles. The summed E-state index contributed by atoms with van der Waals surface area (Å²) in [7, 11) is 0. The van der Waals surface area contributed by atoms with E-state index in [1.54, 1.807) is 4.90 Å². The molecule has 2 aliphatic rings. The van der Waals surface area contributed by atoms with Crippen molar-refractivity contribution in [3.05, 3.63) is 29.3 Å². The first-order valence-corrected chi connectivity index (χ1v) is 8.72. The van der Waals surface area contributed by atoms with Crippen LogP contribution in [0.5, 0.6) is 0 Å². The van der Waals surface area contributed by atoms with Gasteiger partial charge in [0.25, 0.3) is 0 Å². The van der Waals surface area contributed by atoms with Gasteiger partial charge >= 0.3 is 0 Å². The average molecular weight is 314 g/mol. The smallest absolute Gasteiger partial charge is 0.227 e. The van der Waals surface area contributed by atoms with E-state index in [-0.39, 0.29) is 17.7 Å². The molecule has 0 radical (unpaired) electrons. The molecule has 4 nitrogen and oxygen atoms in total. The number of benzene rings is 1. The highest BCUT2D eigenvalue weighted by Gasteiger charge is 2.36. The second kappa shape index (κ2) is 6.73. The lowest BCUT2D eigenvalue weighted by Crippen LogP contribution is -2.40. The SMILES string of the molecule is Cc1ccc(C)c(N2C[C@H](C(=O)NC3CCCCC3)CC2=O)c1. The third-order valence-corrected chi connectivity index (χ3v) is 5.10. The van der Waals surface area contributed by atoms with E-state index < -0.39 is 0 Å². The molecule has 3 rings (SSSR count). The lowest BCUT2D eigenvalue weighted by molar-refractivity contribution is -0.127. The summed E-state index contributed by atoms with van der Waals surface area (Å²) in [4.78, 5) is 26.7. The summed E-state index contributed by atoms with van der Waals surface area (Å²) in [6.45, 7) is 4.54. The highest BCUT2D eigenvalue weighted by Crippen LogP contribution is 2.29. The first-order chi connectivity index (χ1) is 11.0. The second-order valence-electron chi connectivity index (χ2n) is 7.04. The first kappa shape index (κ1) is 16.0. The third kappa shape index (κ3) is 3.57. The molecule has 2 fully saturated rings. The summed E-state index contributed by atoms with van der Waals surface area (Å²) in [6, 6.07) is 6.43. The highest BCUT2D eigenvalue weighted by molar-refractivity contribution is 6.00. The normalized spacial score (nSPS) is 22.4. The van der Waals surface area contributed by atoms with E-state index in [9.17, 15) is 9.59 Å². The maximum Gasteiger partial charge on any atom is 0.227 e. The Hall–Kier alpha value is -1.84. The molecule has 124 valence electrons. The third-order valence-electron chi connectivity index (χ3n) is 5.10. The Bertz CT molecular complexity index is 605. The van der Waals surface area contributed by atoms with Gasteiger partial charge in [0, 0.05) is 24.7 Å². The lowest BCUT2D eigenvalue weighted by Gasteiger charge is -2.24. The van der Waals surface area contributed by atoms with Crippen LogP contribution >= 0.6 is 0 Å². The fourth-order valence-corrected chi connectivity index (χ4v) is 3.69. The van der Waals surface area contributed by atoms with Crippen LogP contribution in [0, 0.1) is 19.8 Å². The summed E-state index contributed by atoms with van der Waals surface area (Å²) in [5.74, 6) is -0.107. The van der Waals surface area contributed by atoms with Crippen LogP contribution in [-0.2, 0) is 9.59 Å². The molecule has 2 amide bonds. The van der Waals surface area contributed by atoms with Gasteiger partial charge in [-0.2, -0.15) is 0 Å². The summed E-state index contributed by atoms with van der Waals surface area (Å²) < 4.78 is 0. The van der Waals surface area contributed by atoms with Gasteiger partial charge in [0.1, 0.15) is 0 Å². The fourth-order valence-electron chi connectivity index (χ4n) is 3.69. The Labute approximate surface area is 138 Å². The number of hydrogen-bond donors (Lipinski definition) is 1. The maximum absolute atomic E-state index is 12.5. The largest absolute Gasteiger partial charge is 0.353 e. The van der Waals surface area contributed by atoms with Crippen LogP contribution in [-0.4, -0.2) is 24.4 Å². The molecule has 1 heterocycles. The van der Waals surface area contributed by atoms with Crippen LogP contribution in [0.1, 0.15) is 49.7 Å². The second-order valence-corrected chi connectivity index (χ2v) is 7.04. The Morgan fingerprint density at radius 2 is 1.91 bits per heavy atom. The van der Waals surface area contributed by atoms with Crippen molar-refractivity contribution >= 4 is 17.5 Å². The lowest BCUT2D eigenvalue weighted by atomic mass is 9.95.